The molecule has 2 rings (SSSR count). The molecule has 0 radical (unpaired) electrons. The van der Waals surface area contributed by atoms with E-state index in [1.165, 1.54) is 22.4 Å². The minimum Gasteiger partial charge on any atom is -0.479 e. The molecule has 2 aromatic rings. The lowest BCUT2D eigenvalue weighted by atomic mass is 10.2. The predicted molar refractivity (Wildman–Crippen MR) is 80.6 cm³/mol. The van der Waals surface area contributed by atoms with Gasteiger partial charge in [0, 0.05) is 30.9 Å². The highest BCUT2D eigenvalue weighted by Gasteiger charge is 2.21. The summed E-state index contributed by atoms with van der Waals surface area (Å²) < 4.78 is 0. The van der Waals surface area contributed by atoms with Crippen LogP contribution >= 0.6 is 11.3 Å². The maximum atomic E-state index is 11.9. The quantitative estimate of drug-likeness (QED) is 0.884. The molecule has 1 unspecified atom stereocenters. The Morgan fingerprint density at radius 2 is 2.14 bits per heavy atom. The maximum absolute atomic E-state index is 11.9. The van der Waals surface area contributed by atoms with E-state index in [1.54, 1.807) is 38.4 Å². The fraction of sp³-hybridized carbons (Fsp3) is 0.214. The molecular weight excluding hydrogens is 290 g/mol. The Balaban J connectivity index is 2.24. The van der Waals surface area contributed by atoms with E-state index in [-0.39, 0.29) is 11.6 Å². The minimum absolute atomic E-state index is 0.235. The Morgan fingerprint density at radius 3 is 2.71 bits per heavy atom. The average Bonchev–Trinajstić information content (AvgIpc) is 2.97. The van der Waals surface area contributed by atoms with Gasteiger partial charge in [-0.3, -0.25) is 9.78 Å². The highest BCUT2D eigenvalue weighted by molar-refractivity contribution is 7.10. The van der Waals surface area contributed by atoms with E-state index in [1.807, 2.05) is 5.38 Å². The lowest BCUT2D eigenvalue weighted by Gasteiger charge is -2.15. The third-order valence-corrected chi connectivity index (χ3v) is 3.71. The second-order valence-electron chi connectivity index (χ2n) is 4.56. The molecule has 0 fully saturated rings. The molecule has 2 aromatic heterocycles. The molecule has 6 nitrogen and oxygen atoms in total. The lowest BCUT2D eigenvalue weighted by molar-refractivity contribution is -0.138. The topological polar surface area (TPSA) is 82.5 Å². The summed E-state index contributed by atoms with van der Waals surface area (Å²) in [5.41, 5.74) is 0.802. The van der Waals surface area contributed by atoms with Crippen molar-refractivity contribution in [3.05, 3.63) is 46.4 Å². The predicted octanol–water partition coefficient (Wildman–Crippen LogP) is 2.08. The van der Waals surface area contributed by atoms with Crippen molar-refractivity contribution in [1.82, 2.24) is 9.88 Å². The number of amides is 1. The smallest absolute Gasteiger partial charge is 0.331 e. The summed E-state index contributed by atoms with van der Waals surface area (Å²) in [6.45, 7) is 0. The number of rotatable bonds is 5. The lowest BCUT2D eigenvalue weighted by Crippen LogP contribution is -2.23. The Labute approximate surface area is 126 Å². The molecule has 0 spiro atoms. The van der Waals surface area contributed by atoms with E-state index in [4.69, 9.17) is 0 Å². The van der Waals surface area contributed by atoms with Crippen LogP contribution in [0.4, 0.5) is 5.69 Å². The van der Waals surface area contributed by atoms with Crippen LogP contribution in [0, 0.1) is 0 Å². The fourth-order valence-corrected chi connectivity index (χ4v) is 2.51. The van der Waals surface area contributed by atoms with E-state index in [0.717, 1.165) is 0 Å². The van der Waals surface area contributed by atoms with Crippen molar-refractivity contribution in [2.24, 2.45) is 0 Å². The van der Waals surface area contributed by atoms with Crippen LogP contribution in [0.5, 0.6) is 0 Å². The first-order valence-electron chi connectivity index (χ1n) is 6.19. The zero-order chi connectivity index (χ0) is 15.4. The number of carbonyl (C=O) groups excluding carboxylic acids is 1. The molecule has 0 bridgehead atoms. The molecule has 0 saturated heterocycles. The highest BCUT2D eigenvalue weighted by atomic mass is 32.1. The van der Waals surface area contributed by atoms with Gasteiger partial charge in [-0.25, -0.2) is 4.79 Å². The highest BCUT2D eigenvalue weighted by Crippen LogP contribution is 2.24. The van der Waals surface area contributed by atoms with Gasteiger partial charge in [-0.15, -0.1) is 11.3 Å². The average molecular weight is 305 g/mol. The molecular formula is C14H15N3O3S. The van der Waals surface area contributed by atoms with Gasteiger partial charge in [0.2, 0.25) is 0 Å². The third-order valence-electron chi connectivity index (χ3n) is 2.77. The van der Waals surface area contributed by atoms with Gasteiger partial charge in [-0.05, 0) is 23.6 Å². The van der Waals surface area contributed by atoms with Crippen LogP contribution in [0.15, 0.2) is 35.8 Å². The van der Waals surface area contributed by atoms with Crippen molar-refractivity contribution >= 4 is 28.9 Å². The van der Waals surface area contributed by atoms with Gasteiger partial charge < -0.3 is 15.3 Å². The first kappa shape index (κ1) is 15.0. The number of aliphatic carboxylic acids is 1. The van der Waals surface area contributed by atoms with Crippen LogP contribution in [-0.4, -0.2) is 41.0 Å². The fourth-order valence-electron chi connectivity index (χ4n) is 1.74. The molecule has 1 amide bonds. The summed E-state index contributed by atoms with van der Waals surface area (Å²) in [4.78, 5) is 29.4. The van der Waals surface area contributed by atoms with Crippen molar-refractivity contribution in [3.8, 4) is 0 Å². The Kier molecular flexibility index (Phi) is 4.54. The number of carboxylic acid groups (broad SMARTS) is 1. The number of nitrogens with zero attached hydrogens (tertiary/aromatic N) is 2. The number of hydrogen-bond donors (Lipinski definition) is 2. The largest absolute Gasteiger partial charge is 0.479 e. The van der Waals surface area contributed by atoms with Crippen LogP contribution < -0.4 is 5.32 Å². The number of carboxylic acids is 1. The van der Waals surface area contributed by atoms with E-state index < -0.39 is 12.0 Å². The van der Waals surface area contributed by atoms with Crippen LogP contribution in [-0.2, 0) is 4.79 Å². The summed E-state index contributed by atoms with van der Waals surface area (Å²) in [6, 6.07) is 5.88. The Bertz CT molecular complexity index is 641. The summed E-state index contributed by atoms with van der Waals surface area (Å²) in [7, 11) is 3.27. The van der Waals surface area contributed by atoms with Gasteiger partial charge in [-0.1, -0.05) is 6.07 Å². The minimum atomic E-state index is -0.977. The molecule has 0 aliphatic heterocycles. The van der Waals surface area contributed by atoms with E-state index in [0.29, 0.717) is 10.6 Å². The zero-order valence-electron chi connectivity index (χ0n) is 11.6. The van der Waals surface area contributed by atoms with Crippen molar-refractivity contribution in [2.45, 2.75) is 6.04 Å². The summed E-state index contributed by atoms with van der Waals surface area (Å²) in [5.74, 6) is -1.21. The second-order valence-corrected chi connectivity index (χ2v) is 5.54. The molecule has 110 valence electrons. The van der Waals surface area contributed by atoms with Gasteiger partial charge in [-0.2, -0.15) is 0 Å². The first-order valence-corrected chi connectivity index (χ1v) is 7.07. The van der Waals surface area contributed by atoms with Crippen LogP contribution in [0.2, 0.25) is 0 Å². The van der Waals surface area contributed by atoms with Gasteiger partial charge in [0.15, 0.2) is 6.04 Å². The van der Waals surface area contributed by atoms with Gasteiger partial charge in [0.25, 0.3) is 5.91 Å². The second kappa shape index (κ2) is 6.36. The molecule has 2 heterocycles. The van der Waals surface area contributed by atoms with Gasteiger partial charge in [0.05, 0.1) is 0 Å². The van der Waals surface area contributed by atoms with Crippen molar-refractivity contribution in [2.75, 3.05) is 19.4 Å². The summed E-state index contributed by atoms with van der Waals surface area (Å²) >= 11 is 1.36. The summed E-state index contributed by atoms with van der Waals surface area (Å²) in [6.07, 6.45) is 1.48. The van der Waals surface area contributed by atoms with Crippen molar-refractivity contribution in [1.29, 1.82) is 0 Å². The van der Waals surface area contributed by atoms with E-state index in [2.05, 4.69) is 10.3 Å². The number of anilines is 1. The number of aromatic nitrogens is 1. The van der Waals surface area contributed by atoms with Crippen molar-refractivity contribution in [3.63, 3.8) is 0 Å². The van der Waals surface area contributed by atoms with Crippen LogP contribution in [0.1, 0.15) is 21.4 Å². The number of hydrogen-bond acceptors (Lipinski definition) is 5. The molecule has 7 heteroatoms. The molecule has 0 saturated carbocycles. The Hall–Kier alpha value is -2.41. The third kappa shape index (κ3) is 3.57. The van der Waals surface area contributed by atoms with Crippen LogP contribution in [0.3, 0.4) is 0 Å². The van der Waals surface area contributed by atoms with Crippen molar-refractivity contribution < 1.29 is 14.7 Å². The first-order chi connectivity index (χ1) is 9.99. The standard InChI is InChI=1S/C14H15N3O3S/c1-17(2)13(18)10-8-9(5-6-15-10)16-12(14(19)20)11-4-3-7-21-11/h3-8,12H,1-2H3,(H,15,16)(H,19,20). The molecule has 2 N–H and O–H groups in total. The van der Waals surface area contributed by atoms with Crippen LogP contribution in [0.25, 0.3) is 0 Å². The molecule has 0 aromatic carbocycles. The molecule has 0 aliphatic rings. The number of nitrogens with one attached hydrogen (secondary N) is 1. The molecule has 1 atom stereocenters. The number of pyridine rings is 1. The summed E-state index contributed by atoms with van der Waals surface area (Å²) in [5, 5.41) is 14.1. The van der Waals surface area contributed by atoms with E-state index >= 15 is 0 Å². The Morgan fingerprint density at radius 1 is 1.38 bits per heavy atom. The number of carbonyl (C=O) groups is 2. The van der Waals surface area contributed by atoms with E-state index in [9.17, 15) is 14.7 Å². The monoisotopic (exact) mass is 305 g/mol. The van der Waals surface area contributed by atoms with Gasteiger partial charge >= 0.3 is 5.97 Å². The normalized spacial score (nSPS) is 11.7. The SMILES string of the molecule is CN(C)C(=O)c1cc(NC(C(=O)O)c2cccs2)ccn1. The maximum Gasteiger partial charge on any atom is 0.331 e. The number of thiophene rings is 1. The zero-order valence-corrected chi connectivity index (χ0v) is 12.4. The molecule has 21 heavy (non-hydrogen) atoms. The van der Waals surface area contributed by atoms with Gasteiger partial charge in [0.1, 0.15) is 5.69 Å². The molecule has 0 aliphatic carbocycles.